The van der Waals surface area contributed by atoms with E-state index in [4.69, 9.17) is 4.52 Å². The first-order valence-corrected chi connectivity index (χ1v) is 7.49. The van der Waals surface area contributed by atoms with Gasteiger partial charge in [0, 0.05) is 12.3 Å². The Balaban J connectivity index is 1.50. The number of piperidine rings is 1. The molecule has 20 heavy (non-hydrogen) atoms. The summed E-state index contributed by atoms with van der Waals surface area (Å²) in [5, 5.41) is 7.51. The van der Waals surface area contributed by atoms with Crippen LogP contribution in [-0.2, 0) is 12.8 Å². The SMILES string of the molecule is c1ccc(CCCc2nc(C3CCNCC3)no2)cc1. The second kappa shape index (κ2) is 6.66. The molecule has 1 aromatic heterocycles. The van der Waals surface area contributed by atoms with Crippen LogP contribution < -0.4 is 5.32 Å². The van der Waals surface area contributed by atoms with Crippen LogP contribution in [0.5, 0.6) is 0 Å². The number of nitrogens with one attached hydrogen (secondary N) is 1. The summed E-state index contributed by atoms with van der Waals surface area (Å²) in [5.74, 6) is 2.17. The fraction of sp³-hybridized carbons (Fsp3) is 0.500. The molecular formula is C16H21N3O. The Kier molecular flexibility index (Phi) is 4.43. The molecule has 0 saturated carbocycles. The topological polar surface area (TPSA) is 51.0 Å². The molecule has 4 nitrogen and oxygen atoms in total. The van der Waals surface area contributed by atoms with Crippen LogP contribution in [0.25, 0.3) is 0 Å². The summed E-state index contributed by atoms with van der Waals surface area (Å²) in [4.78, 5) is 4.56. The van der Waals surface area contributed by atoms with Gasteiger partial charge in [-0.15, -0.1) is 0 Å². The van der Waals surface area contributed by atoms with E-state index >= 15 is 0 Å². The zero-order chi connectivity index (χ0) is 13.6. The van der Waals surface area contributed by atoms with Crippen molar-refractivity contribution in [2.75, 3.05) is 13.1 Å². The smallest absolute Gasteiger partial charge is 0.226 e. The minimum Gasteiger partial charge on any atom is -0.339 e. The third-order valence-electron chi connectivity index (χ3n) is 3.89. The molecule has 2 heterocycles. The Morgan fingerprint density at radius 3 is 2.70 bits per heavy atom. The molecule has 0 bridgehead atoms. The summed E-state index contributed by atoms with van der Waals surface area (Å²) in [6.07, 6.45) is 5.21. The molecular weight excluding hydrogens is 250 g/mol. The van der Waals surface area contributed by atoms with Gasteiger partial charge in [0.05, 0.1) is 0 Å². The first-order chi connectivity index (χ1) is 9.92. The van der Waals surface area contributed by atoms with Crippen LogP contribution in [0.2, 0.25) is 0 Å². The van der Waals surface area contributed by atoms with Gasteiger partial charge < -0.3 is 9.84 Å². The minimum absolute atomic E-state index is 0.475. The average molecular weight is 271 g/mol. The highest BCUT2D eigenvalue weighted by atomic mass is 16.5. The van der Waals surface area contributed by atoms with Gasteiger partial charge in [-0.2, -0.15) is 4.98 Å². The minimum atomic E-state index is 0.475. The molecule has 1 fully saturated rings. The van der Waals surface area contributed by atoms with Crippen molar-refractivity contribution in [3.05, 3.63) is 47.6 Å². The third-order valence-corrected chi connectivity index (χ3v) is 3.89. The van der Waals surface area contributed by atoms with Crippen molar-refractivity contribution in [1.82, 2.24) is 15.5 Å². The van der Waals surface area contributed by atoms with Crippen molar-refractivity contribution >= 4 is 0 Å². The van der Waals surface area contributed by atoms with Gasteiger partial charge in [-0.25, -0.2) is 0 Å². The third kappa shape index (κ3) is 3.45. The van der Waals surface area contributed by atoms with Gasteiger partial charge in [-0.3, -0.25) is 0 Å². The number of benzene rings is 1. The van der Waals surface area contributed by atoms with E-state index in [2.05, 4.69) is 39.7 Å². The summed E-state index contributed by atoms with van der Waals surface area (Å²) in [7, 11) is 0. The highest BCUT2D eigenvalue weighted by Gasteiger charge is 2.20. The van der Waals surface area contributed by atoms with E-state index in [0.717, 1.165) is 56.9 Å². The van der Waals surface area contributed by atoms with Crippen LogP contribution in [-0.4, -0.2) is 23.2 Å². The van der Waals surface area contributed by atoms with Gasteiger partial charge in [-0.1, -0.05) is 35.5 Å². The van der Waals surface area contributed by atoms with E-state index in [1.165, 1.54) is 5.56 Å². The molecule has 0 unspecified atom stereocenters. The Morgan fingerprint density at radius 2 is 1.90 bits per heavy atom. The van der Waals surface area contributed by atoms with Crippen LogP contribution in [0.1, 0.15) is 42.5 Å². The lowest BCUT2D eigenvalue weighted by molar-refractivity contribution is 0.358. The van der Waals surface area contributed by atoms with E-state index < -0.39 is 0 Å². The molecule has 1 N–H and O–H groups in total. The normalized spacial score (nSPS) is 16.4. The molecule has 1 aliphatic heterocycles. The number of hydrogen-bond acceptors (Lipinski definition) is 4. The summed E-state index contributed by atoms with van der Waals surface area (Å²) in [6, 6.07) is 10.5. The first-order valence-electron chi connectivity index (χ1n) is 7.49. The lowest BCUT2D eigenvalue weighted by Gasteiger charge is -2.18. The molecule has 2 aromatic rings. The zero-order valence-corrected chi connectivity index (χ0v) is 11.7. The van der Waals surface area contributed by atoms with Crippen molar-refractivity contribution in [2.24, 2.45) is 0 Å². The van der Waals surface area contributed by atoms with Crippen molar-refractivity contribution in [2.45, 2.75) is 38.0 Å². The molecule has 4 heteroatoms. The maximum Gasteiger partial charge on any atom is 0.226 e. The lowest BCUT2D eigenvalue weighted by atomic mass is 9.98. The molecule has 0 atom stereocenters. The summed E-state index contributed by atoms with van der Waals surface area (Å²) >= 11 is 0. The summed E-state index contributed by atoms with van der Waals surface area (Å²) < 4.78 is 5.37. The summed E-state index contributed by atoms with van der Waals surface area (Å²) in [6.45, 7) is 2.12. The van der Waals surface area contributed by atoms with Crippen LogP contribution >= 0.6 is 0 Å². The quantitative estimate of drug-likeness (QED) is 0.908. The molecule has 106 valence electrons. The van der Waals surface area contributed by atoms with Crippen molar-refractivity contribution in [3.8, 4) is 0 Å². The van der Waals surface area contributed by atoms with E-state index in [-0.39, 0.29) is 0 Å². The Labute approximate surface area is 119 Å². The zero-order valence-electron chi connectivity index (χ0n) is 11.7. The van der Waals surface area contributed by atoms with Crippen molar-refractivity contribution in [3.63, 3.8) is 0 Å². The molecule has 0 amide bonds. The van der Waals surface area contributed by atoms with Crippen LogP contribution in [0, 0.1) is 0 Å². The predicted molar refractivity (Wildman–Crippen MR) is 77.6 cm³/mol. The molecule has 0 aliphatic carbocycles. The second-order valence-corrected chi connectivity index (χ2v) is 5.41. The molecule has 1 saturated heterocycles. The molecule has 0 spiro atoms. The van der Waals surface area contributed by atoms with Gasteiger partial charge in [-0.05, 0) is 44.3 Å². The fourth-order valence-electron chi connectivity index (χ4n) is 2.70. The first kappa shape index (κ1) is 13.3. The van der Waals surface area contributed by atoms with Gasteiger partial charge >= 0.3 is 0 Å². The van der Waals surface area contributed by atoms with Gasteiger partial charge in [0.1, 0.15) is 0 Å². The Morgan fingerprint density at radius 1 is 1.10 bits per heavy atom. The van der Waals surface area contributed by atoms with Crippen LogP contribution in [0.3, 0.4) is 0 Å². The van der Waals surface area contributed by atoms with Crippen LogP contribution in [0.4, 0.5) is 0 Å². The molecule has 0 radical (unpaired) electrons. The largest absolute Gasteiger partial charge is 0.339 e. The second-order valence-electron chi connectivity index (χ2n) is 5.41. The van der Waals surface area contributed by atoms with Crippen molar-refractivity contribution < 1.29 is 4.52 Å². The molecule has 1 aromatic carbocycles. The summed E-state index contributed by atoms with van der Waals surface area (Å²) in [5.41, 5.74) is 1.37. The number of aryl methyl sites for hydroxylation is 2. The van der Waals surface area contributed by atoms with E-state index in [0.29, 0.717) is 5.92 Å². The molecule has 3 rings (SSSR count). The number of aromatic nitrogens is 2. The Bertz CT molecular complexity index is 518. The van der Waals surface area contributed by atoms with Gasteiger partial charge in [0.15, 0.2) is 5.82 Å². The highest BCUT2D eigenvalue weighted by Crippen LogP contribution is 2.22. The molecule has 1 aliphatic rings. The average Bonchev–Trinajstić information content (AvgIpc) is 2.98. The van der Waals surface area contributed by atoms with E-state index in [9.17, 15) is 0 Å². The predicted octanol–water partition coefficient (Wildman–Crippen LogP) is 2.71. The number of rotatable bonds is 5. The maximum atomic E-state index is 5.37. The van der Waals surface area contributed by atoms with Gasteiger partial charge in [0.25, 0.3) is 0 Å². The standard InChI is InChI=1S/C16H21N3O/c1-2-5-13(6-3-1)7-4-8-15-18-16(19-20-15)14-9-11-17-12-10-14/h1-3,5-6,14,17H,4,7-12H2. The van der Waals surface area contributed by atoms with Crippen LogP contribution in [0.15, 0.2) is 34.9 Å². The van der Waals surface area contributed by atoms with Gasteiger partial charge in [0.2, 0.25) is 5.89 Å². The Hall–Kier alpha value is -1.68. The highest BCUT2D eigenvalue weighted by molar-refractivity contribution is 5.14. The number of nitrogens with zero attached hydrogens (tertiary/aromatic N) is 2. The fourth-order valence-corrected chi connectivity index (χ4v) is 2.70. The van der Waals surface area contributed by atoms with E-state index in [1.54, 1.807) is 0 Å². The van der Waals surface area contributed by atoms with E-state index in [1.807, 2.05) is 6.07 Å². The van der Waals surface area contributed by atoms with Crippen molar-refractivity contribution in [1.29, 1.82) is 0 Å². The lowest BCUT2D eigenvalue weighted by Crippen LogP contribution is -2.27. The maximum absolute atomic E-state index is 5.37. The monoisotopic (exact) mass is 271 g/mol. The number of hydrogen-bond donors (Lipinski definition) is 1.